The number of hydrogen-bond acceptors (Lipinski definition) is 5. The smallest absolute Gasteiger partial charge is 0.345 e. The number of pyridine rings is 1. The van der Waals surface area contributed by atoms with Crippen LogP contribution in [0, 0.1) is 13.8 Å². The molecule has 122 valence electrons. The Hall–Kier alpha value is -2.25. The largest absolute Gasteiger partial charge is 0.421 e. The van der Waals surface area contributed by atoms with Crippen molar-refractivity contribution in [1.82, 2.24) is 9.29 Å². The van der Waals surface area contributed by atoms with Crippen molar-refractivity contribution in [3.8, 4) is 5.75 Å². The third kappa shape index (κ3) is 3.57. The van der Waals surface area contributed by atoms with E-state index < -0.39 is 16.0 Å². The maximum absolute atomic E-state index is 12.4. The average Bonchev–Trinajstić information content (AvgIpc) is 2.49. The molecule has 0 unspecified atom stereocenters. The van der Waals surface area contributed by atoms with Gasteiger partial charge in [0.15, 0.2) is 5.75 Å². The third-order valence-electron chi connectivity index (χ3n) is 3.29. The molecule has 0 fully saturated rings. The van der Waals surface area contributed by atoms with Crippen LogP contribution in [0.2, 0.25) is 0 Å². The molecule has 0 aliphatic heterocycles. The van der Waals surface area contributed by atoms with Gasteiger partial charge in [-0.1, -0.05) is 6.07 Å². The highest BCUT2D eigenvalue weighted by Gasteiger charge is 2.24. The summed E-state index contributed by atoms with van der Waals surface area (Å²) in [7, 11) is -0.877. The van der Waals surface area contributed by atoms with Gasteiger partial charge in [0, 0.05) is 20.3 Å². The van der Waals surface area contributed by atoms with Crippen LogP contribution >= 0.6 is 0 Å². The number of ether oxygens (including phenoxy) is 1. The van der Waals surface area contributed by atoms with Gasteiger partial charge in [-0.15, -0.1) is 0 Å². The Kier molecular flexibility index (Phi) is 4.82. The summed E-state index contributed by atoms with van der Waals surface area (Å²) in [6.45, 7) is 3.45. The number of rotatable bonds is 4. The summed E-state index contributed by atoms with van der Waals surface area (Å²) in [5, 5.41) is 0. The zero-order chi connectivity index (χ0) is 17.2. The normalized spacial score (nSPS) is 11.5. The molecule has 0 atom stereocenters. The Morgan fingerprint density at radius 2 is 1.87 bits per heavy atom. The fourth-order valence-corrected chi connectivity index (χ4v) is 3.04. The van der Waals surface area contributed by atoms with Crippen molar-refractivity contribution in [3.05, 3.63) is 53.3 Å². The van der Waals surface area contributed by atoms with E-state index in [4.69, 9.17) is 4.74 Å². The summed E-state index contributed by atoms with van der Waals surface area (Å²) in [5.41, 5.74) is 1.56. The van der Waals surface area contributed by atoms with Crippen molar-refractivity contribution in [2.75, 3.05) is 14.1 Å². The summed E-state index contributed by atoms with van der Waals surface area (Å²) in [6, 6.07) is 7.85. The minimum atomic E-state index is -3.73. The highest BCUT2D eigenvalue weighted by molar-refractivity contribution is 7.89. The number of esters is 1. The molecule has 1 aromatic carbocycles. The molecule has 0 saturated heterocycles. The van der Waals surface area contributed by atoms with Gasteiger partial charge < -0.3 is 4.74 Å². The predicted molar refractivity (Wildman–Crippen MR) is 86.0 cm³/mol. The fraction of sp³-hybridized carbons (Fsp3) is 0.250. The van der Waals surface area contributed by atoms with Gasteiger partial charge in [-0.2, -0.15) is 0 Å². The van der Waals surface area contributed by atoms with Gasteiger partial charge in [0.1, 0.15) is 4.90 Å². The molecule has 0 amide bonds. The van der Waals surface area contributed by atoms with Gasteiger partial charge in [-0.3, -0.25) is 4.98 Å². The first-order chi connectivity index (χ1) is 10.7. The van der Waals surface area contributed by atoms with Crippen LogP contribution in [0.4, 0.5) is 0 Å². The lowest BCUT2D eigenvalue weighted by atomic mass is 10.2. The Bertz CT molecular complexity index is 845. The van der Waals surface area contributed by atoms with Crippen LogP contribution in [-0.2, 0) is 10.0 Å². The summed E-state index contributed by atoms with van der Waals surface area (Å²) in [4.78, 5) is 16.3. The quantitative estimate of drug-likeness (QED) is 0.632. The molecule has 1 aromatic heterocycles. The lowest BCUT2D eigenvalue weighted by molar-refractivity contribution is 0.0729. The predicted octanol–water partition coefficient (Wildman–Crippen LogP) is 2.17. The van der Waals surface area contributed by atoms with Crippen LogP contribution in [-0.4, -0.2) is 37.8 Å². The van der Waals surface area contributed by atoms with Crippen LogP contribution in [0.5, 0.6) is 5.75 Å². The van der Waals surface area contributed by atoms with Gasteiger partial charge in [0.05, 0.1) is 11.3 Å². The minimum Gasteiger partial charge on any atom is -0.421 e. The van der Waals surface area contributed by atoms with Crippen LogP contribution in [0.25, 0.3) is 0 Å². The molecule has 1 heterocycles. The number of carbonyl (C=O) groups is 1. The molecule has 0 saturated carbocycles. The fourth-order valence-electron chi connectivity index (χ4n) is 1.95. The van der Waals surface area contributed by atoms with Crippen molar-refractivity contribution >= 4 is 16.0 Å². The Morgan fingerprint density at radius 3 is 2.48 bits per heavy atom. The van der Waals surface area contributed by atoms with Crippen molar-refractivity contribution < 1.29 is 17.9 Å². The Balaban J connectivity index is 2.46. The van der Waals surface area contributed by atoms with Gasteiger partial charge in [0.2, 0.25) is 10.0 Å². The maximum atomic E-state index is 12.4. The van der Waals surface area contributed by atoms with Crippen LogP contribution < -0.4 is 4.74 Å². The number of aryl methyl sites for hydroxylation is 2. The van der Waals surface area contributed by atoms with Crippen molar-refractivity contribution in [2.45, 2.75) is 18.7 Å². The molecule has 23 heavy (non-hydrogen) atoms. The molecule has 2 rings (SSSR count). The second kappa shape index (κ2) is 6.47. The molecule has 6 nitrogen and oxygen atoms in total. The van der Waals surface area contributed by atoms with Gasteiger partial charge in [-0.25, -0.2) is 17.5 Å². The molecule has 0 radical (unpaired) electrons. The number of sulfonamides is 1. The van der Waals surface area contributed by atoms with E-state index in [2.05, 4.69) is 4.98 Å². The lowest BCUT2D eigenvalue weighted by Crippen LogP contribution is -2.23. The topological polar surface area (TPSA) is 76.6 Å². The molecular formula is C16H18N2O4S. The first kappa shape index (κ1) is 17.1. The highest BCUT2D eigenvalue weighted by atomic mass is 32.2. The molecule has 2 aromatic rings. The first-order valence-electron chi connectivity index (χ1n) is 6.90. The van der Waals surface area contributed by atoms with E-state index in [0.717, 1.165) is 9.87 Å². The van der Waals surface area contributed by atoms with Crippen LogP contribution in [0.3, 0.4) is 0 Å². The number of nitrogens with zero attached hydrogens (tertiary/aromatic N) is 2. The van der Waals surface area contributed by atoms with Crippen LogP contribution in [0.1, 0.15) is 21.6 Å². The van der Waals surface area contributed by atoms with Gasteiger partial charge >= 0.3 is 5.97 Å². The molecule has 0 aliphatic rings. The number of carbonyl (C=O) groups excluding carboxylic acids is 1. The lowest BCUT2D eigenvalue weighted by Gasteiger charge is -2.15. The molecule has 0 spiro atoms. The number of aromatic nitrogens is 1. The van der Waals surface area contributed by atoms with Crippen molar-refractivity contribution in [1.29, 1.82) is 0 Å². The van der Waals surface area contributed by atoms with Crippen molar-refractivity contribution in [3.63, 3.8) is 0 Å². The minimum absolute atomic E-state index is 0.00227. The summed E-state index contributed by atoms with van der Waals surface area (Å²) in [5.74, 6) is -0.646. The summed E-state index contributed by atoms with van der Waals surface area (Å²) in [6.07, 6.45) is 1.57. The molecular weight excluding hydrogens is 316 g/mol. The van der Waals surface area contributed by atoms with E-state index in [-0.39, 0.29) is 10.6 Å². The van der Waals surface area contributed by atoms with E-state index >= 15 is 0 Å². The van der Waals surface area contributed by atoms with E-state index in [0.29, 0.717) is 11.3 Å². The van der Waals surface area contributed by atoms with E-state index in [1.807, 2.05) is 0 Å². The summed E-state index contributed by atoms with van der Waals surface area (Å²) >= 11 is 0. The first-order valence-corrected chi connectivity index (χ1v) is 8.34. The third-order valence-corrected chi connectivity index (χ3v) is 5.12. The molecule has 0 N–H and O–H groups in total. The maximum Gasteiger partial charge on any atom is 0.345 e. The summed E-state index contributed by atoms with van der Waals surface area (Å²) < 4.78 is 31.2. The zero-order valence-corrected chi connectivity index (χ0v) is 14.2. The Labute approximate surface area is 135 Å². The number of benzene rings is 1. The van der Waals surface area contributed by atoms with Crippen molar-refractivity contribution in [2.24, 2.45) is 0 Å². The van der Waals surface area contributed by atoms with E-state index in [9.17, 15) is 13.2 Å². The van der Waals surface area contributed by atoms with E-state index in [1.165, 1.54) is 26.2 Å². The molecule has 7 heteroatoms. The standard InChI is InChI=1S/C16H18N2O4S/c1-11-7-8-14(15(10-11)23(20,21)18(3)4)22-16(19)13-6-5-9-17-12(13)2/h5-10H,1-4H3. The Morgan fingerprint density at radius 1 is 1.17 bits per heavy atom. The highest BCUT2D eigenvalue weighted by Crippen LogP contribution is 2.28. The molecule has 0 bridgehead atoms. The SMILES string of the molecule is Cc1ccc(OC(=O)c2cccnc2C)c(S(=O)(=O)N(C)C)c1. The van der Waals surface area contributed by atoms with Gasteiger partial charge in [0.25, 0.3) is 0 Å². The average molecular weight is 334 g/mol. The zero-order valence-electron chi connectivity index (χ0n) is 13.4. The molecule has 0 aliphatic carbocycles. The number of hydrogen-bond donors (Lipinski definition) is 0. The monoisotopic (exact) mass is 334 g/mol. The second-order valence-corrected chi connectivity index (χ2v) is 7.38. The van der Waals surface area contributed by atoms with Gasteiger partial charge in [-0.05, 0) is 43.7 Å². The second-order valence-electron chi connectivity index (χ2n) is 5.26. The van der Waals surface area contributed by atoms with Crippen LogP contribution in [0.15, 0.2) is 41.4 Å². The van der Waals surface area contributed by atoms with E-state index in [1.54, 1.807) is 38.2 Å².